The summed E-state index contributed by atoms with van der Waals surface area (Å²) < 4.78 is 0. The van der Waals surface area contributed by atoms with Gasteiger partial charge >= 0.3 is 0 Å². The van der Waals surface area contributed by atoms with Gasteiger partial charge < -0.3 is 5.32 Å². The number of hydrogen-bond donors (Lipinski definition) is 1. The molecule has 0 saturated heterocycles. The van der Waals surface area contributed by atoms with Crippen LogP contribution < -0.4 is 5.32 Å². The fourth-order valence-corrected chi connectivity index (χ4v) is 3.05. The van der Waals surface area contributed by atoms with Crippen LogP contribution in [0.3, 0.4) is 0 Å². The summed E-state index contributed by atoms with van der Waals surface area (Å²) in [5.74, 6) is 1.39. The van der Waals surface area contributed by atoms with Gasteiger partial charge in [-0.15, -0.1) is 0 Å². The molecule has 0 bridgehead atoms. The Balaban J connectivity index is 1.66. The van der Waals surface area contributed by atoms with Gasteiger partial charge in [0.05, 0.1) is 0 Å². The Hall–Kier alpha value is -2.09. The molecule has 114 valence electrons. The van der Waals surface area contributed by atoms with Crippen LogP contribution in [0.25, 0.3) is 0 Å². The molecular weight excluding hydrogens is 270 g/mol. The lowest BCUT2D eigenvalue weighted by Crippen LogP contribution is -2.27. The van der Waals surface area contributed by atoms with Crippen LogP contribution in [0.15, 0.2) is 60.7 Å². The number of nitrogens with one attached hydrogen (secondary N) is 1. The molecule has 0 aliphatic heterocycles. The van der Waals surface area contributed by atoms with E-state index in [2.05, 4.69) is 60.8 Å². The molecule has 0 radical (unpaired) electrons. The average molecular weight is 293 g/mol. The minimum atomic E-state index is 0.229. The zero-order valence-corrected chi connectivity index (χ0v) is 13.0. The van der Waals surface area contributed by atoms with Gasteiger partial charge in [-0.2, -0.15) is 0 Å². The standard InChI is InChI=1S/C20H23NO/c1-15-14-19(15)20(22)21-13-12-18(16-8-4-2-5-9-16)17-10-6-3-7-11-17/h2-11,15,18-19H,12-14H2,1H3,(H,21,22). The van der Waals surface area contributed by atoms with Crippen molar-refractivity contribution in [3.63, 3.8) is 0 Å². The maximum atomic E-state index is 12.0. The van der Waals surface area contributed by atoms with Gasteiger partial charge in [0.15, 0.2) is 0 Å². The Morgan fingerprint density at radius 2 is 1.55 bits per heavy atom. The van der Waals surface area contributed by atoms with E-state index < -0.39 is 0 Å². The molecule has 2 aromatic rings. The van der Waals surface area contributed by atoms with E-state index in [0.717, 1.165) is 19.4 Å². The van der Waals surface area contributed by atoms with E-state index in [1.165, 1.54) is 11.1 Å². The molecule has 0 spiro atoms. The molecule has 1 amide bonds. The molecule has 2 heteroatoms. The van der Waals surface area contributed by atoms with Crippen molar-refractivity contribution in [2.24, 2.45) is 11.8 Å². The van der Waals surface area contributed by atoms with Crippen molar-refractivity contribution in [1.29, 1.82) is 0 Å². The number of rotatable bonds is 6. The maximum Gasteiger partial charge on any atom is 0.223 e. The number of benzene rings is 2. The van der Waals surface area contributed by atoms with Crippen molar-refractivity contribution < 1.29 is 4.79 Å². The monoisotopic (exact) mass is 293 g/mol. The molecule has 1 aliphatic rings. The van der Waals surface area contributed by atoms with Gasteiger partial charge in [-0.05, 0) is 29.9 Å². The third-order valence-corrected chi connectivity index (χ3v) is 4.58. The molecule has 1 saturated carbocycles. The van der Waals surface area contributed by atoms with Gasteiger partial charge in [0.1, 0.15) is 0 Å². The highest BCUT2D eigenvalue weighted by molar-refractivity contribution is 5.81. The highest BCUT2D eigenvalue weighted by Crippen LogP contribution is 2.37. The fraction of sp³-hybridized carbons (Fsp3) is 0.350. The predicted molar refractivity (Wildman–Crippen MR) is 89.6 cm³/mol. The van der Waals surface area contributed by atoms with Gasteiger partial charge in [0.25, 0.3) is 0 Å². The summed E-state index contributed by atoms with van der Waals surface area (Å²) in [6, 6.07) is 21.1. The van der Waals surface area contributed by atoms with E-state index in [4.69, 9.17) is 0 Å². The second-order valence-electron chi connectivity index (χ2n) is 6.27. The maximum absolute atomic E-state index is 12.0. The molecule has 2 nitrogen and oxygen atoms in total. The van der Waals surface area contributed by atoms with Crippen molar-refractivity contribution in [1.82, 2.24) is 5.32 Å². The third-order valence-electron chi connectivity index (χ3n) is 4.58. The highest BCUT2D eigenvalue weighted by Gasteiger charge is 2.38. The predicted octanol–water partition coefficient (Wildman–Crippen LogP) is 3.98. The van der Waals surface area contributed by atoms with Crippen LogP contribution in [0.5, 0.6) is 0 Å². The molecular formula is C20H23NO. The van der Waals surface area contributed by atoms with Crippen LogP contribution in [-0.4, -0.2) is 12.5 Å². The summed E-state index contributed by atoms with van der Waals surface area (Å²) >= 11 is 0. The van der Waals surface area contributed by atoms with Crippen LogP contribution >= 0.6 is 0 Å². The van der Waals surface area contributed by atoms with E-state index in [1.54, 1.807) is 0 Å². The lowest BCUT2D eigenvalue weighted by atomic mass is 9.88. The molecule has 2 unspecified atom stereocenters. The second kappa shape index (κ2) is 6.78. The summed E-state index contributed by atoms with van der Waals surface area (Å²) in [7, 11) is 0. The molecule has 3 rings (SSSR count). The number of hydrogen-bond acceptors (Lipinski definition) is 1. The third kappa shape index (κ3) is 3.56. The summed E-state index contributed by atoms with van der Waals surface area (Å²) in [6.45, 7) is 2.87. The van der Waals surface area contributed by atoms with Crippen molar-refractivity contribution in [3.8, 4) is 0 Å². The largest absolute Gasteiger partial charge is 0.356 e. The van der Waals surface area contributed by atoms with E-state index in [1.807, 2.05) is 12.1 Å². The van der Waals surface area contributed by atoms with Crippen molar-refractivity contribution in [2.45, 2.75) is 25.7 Å². The first-order valence-electron chi connectivity index (χ1n) is 8.13. The summed E-state index contributed by atoms with van der Waals surface area (Å²) in [5.41, 5.74) is 2.62. The van der Waals surface area contributed by atoms with Crippen LogP contribution in [0.2, 0.25) is 0 Å². The first kappa shape index (κ1) is 14.8. The van der Waals surface area contributed by atoms with Crippen molar-refractivity contribution >= 4 is 5.91 Å². The average Bonchev–Trinajstić information content (AvgIpc) is 3.30. The molecule has 1 fully saturated rings. The Morgan fingerprint density at radius 3 is 2.00 bits per heavy atom. The smallest absolute Gasteiger partial charge is 0.223 e. The highest BCUT2D eigenvalue weighted by atomic mass is 16.2. The van der Waals surface area contributed by atoms with Crippen LogP contribution in [0.4, 0.5) is 0 Å². The molecule has 1 aliphatic carbocycles. The van der Waals surface area contributed by atoms with E-state index in [-0.39, 0.29) is 11.8 Å². The molecule has 0 heterocycles. The van der Waals surface area contributed by atoms with Gasteiger partial charge in [-0.3, -0.25) is 4.79 Å². The molecule has 2 aromatic carbocycles. The quantitative estimate of drug-likeness (QED) is 0.857. The zero-order chi connectivity index (χ0) is 15.4. The van der Waals surface area contributed by atoms with Crippen LogP contribution in [-0.2, 0) is 4.79 Å². The van der Waals surface area contributed by atoms with Crippen LogP contribution in [0, 0.1) is 11.8 Å². The van der Waals surface area contributed by atoms with Gasteiger partial charge in [-0.25, -0.2) is 0 Å². The lowest BCUT2D eigenvalue weighted by molar-refractivity contribution is -0.122. The Morgan fingerprint density at radius 1 is 1.05 bits per heavy atom. The van der Waals surface area contributed by atoms with Gasteiger partial charge in [0.2, 0.25) is 5.91 Å². The van der Waals surface area contributed by atoms with Crippen molar-refractivity contribution in [3.05, 3.63) is 71.8 Å². The Bertz CT molecular complexity index is 569. The molecule has 2 atom stereocenters. The lowest BCUT2D eigenvalue weighted by Gasteiger charge is -2.18. The summed E-state index contributed by atoms with van der Waals surface area (Å²) in [6.07, 6.45) is 1.98. The van der Waals surface area contributed by atoms with E-state index in [0.29, 0.717) is 11.8 Å². The minimum absolute atomic E-state index is 0.229. The minimum Gasteiger partial charge on any atom is -0.356 e. The Labute approximate surface area is 132 Å². The van der Waals surface area contributed by atoms with E-state index >= 15 is 0 Å². The fourth-order valence-electron chi connectivity index (χ4n) is 3.05. The SMILES string of the molecule is CC1CC1C(=O)NCCC(c1ccccc1)c1ccccc1. The molecule has 0 aromatic heterocycles. The first-order chi connectivity index (χ1) is 10.8. The van der Waals surface area contributed by atoms with Gasteiger partial charge in [0, 0.05) is 18.4 Å². The van der Waals surface area contributed by atoms with E-state index in [9.17, 15) is 4.79 Å². The van der Waals surface area contributed by atoms with Gasteiger partial charge in [-0.1, -0.05) is 67.6 Å². The van der Waals surface area contributed by atoms with Crippen LogP contribution in [0.1, 0.15) is 36.8 Å². The Kier molecular flexibility index (Phi) is 4.57. The normalized spacial score (nSPS) is 19.9. The topological polar surface area (TPSA) is 29.1 Å². The summed E-state index contributed by atoms with van der Waals surface area (Å²) in [4.78, 5) is 12.0. The molecule has 22 heavy (non-hydrogen) atoms. The second-order valence-corrected chi connectivity index (χ2v) is 6.27. The number of carbonyl (C=O) groups excluding carboxylic acids is 1. The number of amides is 1. The summed E-state index contributed by atoms with van der Waals surface area (Å²) in [5, 5.41) is 3.11. The first-order valence-corrected chi connectivity index (χ1v) is 8.13. The molecule has 1 N–H and O–H groups in total. The zero-order valence-electron chi connectivity index (χ0n) is 13.0. The number of carbonyl (C=O) groups is 1. The van der Waals surface area contributed by atoms with Crippen molar-refractivity contribution in [2.75, 3.05) is 6.54 Å².